The Balaban J connectivity index is 1.38. The lowest BCUT2D eigenvalue weighted by atomic mass is 9.96. The second kappa shape index (κ2) is 10.8. The average molecular weight is 444 g/mol. The second-order valence-electron chi connectivity index (χ2n) is 8.31. The monoisotopic (exact) mass is 443 g/mol. The van der Waals surface area contributed by atoms with E-state index in [9.17, 15) is 9.59 Å². The normalized spacial score (nSPS) is 16.1. The Morgan fingerprint density at radius 2 is 1.67 bits per heavy atom. The van der Waals surface area contributed by atoms with E-state index in [4.69, 9.17) is 4.74 Å². The Kier molecular flexibility index (Phi) is 7.35. The van der Waals surface area contributed by atoms with Crippen molar-refractivity contribution < 1.29 is 14.3 Å². The summed E-state index contributed by atoms with van der Waals surface area (Å²) in [4.78, 5) is 31.3. The number of hydrogen-bond acceptors (Lipinski definition) is 4. The fourth-order valence-corrected chi connectivity index (χ4v) is 4.14. The first kappa shape index (κ1) is 22.5. The van der Waals surface area contributed by atoms with Crippen molar-refractivity contribution in [1.82, 2.24) is 15.2 Å². The molecule has 0 radical (unpaired) electrons. The summed E-state index contributed by atoms with van der Waals surface area (Å²) >= 11 is 0. The van der Waals surface area contributed by atoms with Crippen LogP contribution in [-0.4, -0.2) is 48.4 Å². The largest absolute Gasteiger partial charge is 0.497 e. The highest BCUT2D eigenvalue weighted by Gasteiger charge is 2.27. The number of rotatable bonds is 7. The van der Waals surface area contributed by atoms with Crippen molar-refractivity contribution in [3.8, 4) is 16.9 Å². The minimum absolute atomic E-state index is 0.0127. The van der Waals surface area contributed by atoms with Crippen LogP contribution in [0.5, 0.6) is 5.75 Å². The van der Waals surface area contributed by atoms with Gasteiger partial charge >= 0.3 is 0 Å². The number of ether oxygens (including phenoxy) is 1. The Bertz CT molecular complexity index is 1070. The summed E-state index contributed by atoms with van der Waals surface area (Å²) in [7, 11) is 1.66. The van der Waals surface area contributed by atoms with Crippen molar-refractivity contribution in [2.24, 2.45) is 5.92 Å². The Morgan fingerprint density at radius 3 is 2.33 bits per heavy atom. The van der Waals surface area contributed by atoms with Gasteiger partial charge in [0, 0.05) is 38.4 Å². The first-order chi connectivity index (χ1) is 16.1. The van der Waals surface area contributed by atoms with Gasteiger partial charge in [0.2, 0.25) is 11.8 Å². The minimum Gasteiger partial charge on any atom is -0.497 e. The number of carbonyl (C=O) groups is 2. The molecule has 1 N–H and O–H groups in total. The van der Waals surface area contributed by atoms with Gasteiger partial charge in [0.25, 0.3) is 0 Å². The van der Waals surface area contributed by atoms with Gasteiger partial charge in [-0.15, -0.1) is 0 Å². The molecule has 1 aliphatic heterocycles. The summed E-state index contributed by atoms with van der Waals surface area (Å²) in [5, 5.41) is 2.97. The quantitative estimate of drug-likeness (QED) is 0.607. The molecular formula is C27H29N3O3. The van der Waals surface area contributed by atoms with Crippen molar-refractivity contribution in [2.45, 2.75) is 19.3 Å². The van der Waals surface area contributed by atoms with E-state index in [1.807, 2.05) is 41.3 Å². The highest BCUT2D eigenvalue weighted by atomic mass is 16.5. The van der Waals surface area contributed by atoms with Crippen molar-refractivity contribution in [1.29, 1.82) is 0 Å². The van der Waals surface area contributed by atoms with Crippen molar-refractivity contribution in [3.63, 3.8) is 0 Å². The van der Waals surface area contributed by atoms with Gasteiger partial charge in [0.1, 0.15) is 5.75 Å². The molecule has 1 fully saturated rings. The lowest BCUT2D eigenvalue weighted by Gasteiger charge is -2.23. The topological polar surface area (TPSA) is 71.5 Å². The molecule has 2 amide bonds. The van der Waals surface area contributed by atoms with Crippen LogP contribution in [0.4, 0.5) is 0 Å². The van der Waals surface area contributed by atoms with Crippen LogP contribution in [0, 0.1) is 5.92 Å². The summed E-state index contributed by atoms with van der Waals surface area (Å²) in [6, 6.07) is 20.1. The van der Waals surface area contributed by atoms with Crippen molar-refractivity contribution >= 4 is 11.8 Å². The summed E-state index contributed by atoms with van der Waals surface area (Å²) in [6.45, 7) is 1.49. The molecule has 1 aliphatic rings. The molecule has 1 atom stereocenters. The number of methoxy groups -OCH3 is 1. The molecule has 0 spiro atoms. The first-order valence-electron chi connectivity index (χ1n) is 11.3. The lowest BCUT2D eigenvalue weighted by Crippen LogP contribution is -2.37. The maximum absolute atomic E-state index is 12.8. The van der Waals surface area contributed by atoms with E-state index in [-0.39, 0.29) is 17.7 Å². The van der Waals surface area contributed by atoms with E-state index < -0.39 is 0 Å². The van der Waals surface area contributed by atoms with Gasteiger partial charge in [-0.1, -0.05) is 36.4 Å². The molecular weight excluding hydrogens is 414 g/mol. The van der Waals surface area contributed by atoms with Crippen LogP contribution in [0.3, 0.4) is 0 Å². The molecule has 170 valence electrons. The van der Waals surface area contributed by atoms with E-state index in [0.29, 0.717) is 38.9 Å². The molecule has 0 aliphatic carbocycles. The maximum Gasteiger partial charge on any atom is 0.225 e. The van der Waals surface area contributed by atoms with Gasteiger partial charge in [-0.3, -0.25) is 14.6 Å². The number of hydrogen-bond donors (Lipinski definition) is 1. The molecule has 33 heavy (non-hydrogen) atoms. The van der Waals surface area contributed by atoms with Gasteiger partial charge in [-0.25, -0.2) is 0 Å². The minimum atomic E-state index is -0.260. The average Bonchev–Trinajstić information content (AvgIpc) is 3.05. The molecule has 6 heteroatoms. The Labute approximate surface area is 194 Å². The van der Waals surface area contributed by atoms with E-state index in [0.717, 1.165) is 28.0 Å². The zero-order valence-corrected chi connectivity index (χ0v) is 18.9. The highest BCUT2D eigenvalue weighted by Crippen LogP contribution is 2.24. The number of carbonyl (C=O) groups excluding carboxylic acids is 2. The fraction of sp³-hybridized carbons (Fsp3) is 0.296. The van der Waals surface area contributed by atoms with Gasteiger partial charge in [-0.2, -0.15) is 0 Å². The highest BCUT2D eigenvalue weighted by molar-refractivity contribution is 5.82. The summed E-state index contributed by atoms with van der Waals surface area (Å²) < 4.78 is 5.22. The number of nitrogens with zero attached hydrogens (tertiary/aromatic N) is 2. The number of pyridine rings is 1. The molecule has 6 nitrogen and oxygen atoms in total. The van der Waals surface area contributed by atoms with Crippen molar-refractivity contribution in [2.75, 3.05) is 26.7 Å². The standard InChI is InChI=1S/C27H29N3O3/c1-33-25-9-7-23(8-10-25)22-5-2-21(3-6-22)18-24-19-30(17-16-29-27(24)32)26(31)11-4-20-12-14-28-15-13-20/h2-3,5-10,12-15,24H,4,11,16-19H2,1H3,(H,29,32)/t24-/m1/s1. The third kappa shape index (κ3) is 5.98. The number of benzene rings is 2. The molecule has 2 aromatic carbocycles. The third-order valence-electron chi connectivity index (χ3n) is 6.08. The smallest absolute Gasteiger partial charge is 0.225 e. The van der Waals surface area contributed by atoms with Crippen LogP contribution in [-0.2, 0) is 22.4 Å². The number of amides is 2. The van der Waals surface area contributed by atoms with Crippen LogP contribution in [0.1, 0.15) is 17.5 Å². The Hall–Kier alpha value is -3.67. The van der Waals surface area contributed by atoms with E-state index in [2.05, 4.69) is 34.6 Å². The fourth-order valence-electron chi connectivity index (χ4n) is 4.14. The van der Waals surface area contributed by atoms with E-state index >= 15 is 0 Å². The number of aryl methyl sites for hydroxylation is 1. The maximum atomic E-state index is 12.8. The van der Waals surface area contributed by atoms with Gasteiger partial charge < -0.3 is 15.0 Å². The predicted octanol–water partition coefficient (Wildman–Crippen LogP) is 3.51. The first-order valence-corrected chi connectivity index (χ1v) is 11.3. The molecule has 4 rings (SSSR count). The molecule has 1 aromatic heterocycles. The number of aromatic nitrogens is 1. The zero-order chi connectivity index (χ0) is 23.0. The van der Waals surface area contributed by atoms with Crippen LogP contribution in [0.2, 0.25) is 0 Å². The molecule has 1 saturated heterocycles. The van der Waals surface area contributed by atoms with Gasteiger partial charge in [0.15, 0.2) is 0 Å². The van der Waals surface area contributed by atoms with Crippen LogP contribution >= 0.6 is 0 Å². The molecule has 0 bridgehead atoms. The van der Waals surface area contributed by atoms with Gasteiger partial charge in [0.05, 0.1) is 13.0 Å². The molecule has 3 aromatic rings. The second-order valence-corrected chi connectivity index (χ2v) is 8.31. The number of nitrogens with one attached hydrogen (secondary N) is 1. The van der Waals surface area contributed by atoms with Crippen molar-refractivity contribution in [3.05, 3.63) is 84.2 Å². The van der Waals surface area contributed by atoms with E-state index in [1.165, 1.54) is 0 Å². The third-order valence-corrected chi connectivity index (χ3v) is 6.08. The Morgan fingerprint density at radius 1 is 1.00 bits per heavy atom. The van der Waals surface area contributed by atoms with Crippen LogP contribution in [0.25, 0.3) is 11.1 Å². The lowest BCUT2D eigenvalue weighted by molar-refractivity contribution is -0.132. The van der Waals surface area contributed by atoms with Gasteiger partial charge in [-0.05, 0) is 59.4 Å². The SMILES string of the molecule is COc1ccc(-c2ccc(C[C@@H]3CN(C(=O)CCc4ccncc4)CCNC3=O)cc2)cc1. The predicted molar refractivity (Wildman–Crippen MR) is 128 cm³/mol. The van der Waals surface area contributed by atoms with Crippen LogP contribution in [0.15, 0.2) is 73.1 Å². The summed E-state index contributed by atoms with van der Waals surface area (Å²) in [5.74, 6) is 0.667. The molecule has 2 heterocycles. The zero-order valence-electron chi connectivity index (χ0n) is 18.9. The molecule has 0 saturated carbocycles. The van der Waals surface area contributed by atoms with Crippen LogP contribution < -0.4 is 10.1 Å². The van der Waals surface area contributed by atoms with E-state index in [1.54, 1.807) is 19.5 Å². The summed E-state index contributed by atoms with van der Waals surface area (Å²) in [6.07, 6.45) is 5.19. The summed E-state index contributed by atoms with van der Waals surface area (Å²) in [5.41, 5.74) is 4.40. The molecule has 0 unspecified atom stereocenters.